The summed E-state index contributed by atoms with van der Waals surface area (Å²) in [4.78, 5) is 4.17. The molecule has 0 aliphatic heterocycles. The Morgan fingerprint density at radius 1 is 1.50 bits per heavy atom. The number of hydrogen-bond acceptors (Lipinski definition) is 2. The molecule has 0 saturated carbocycles. The van der Waals surface area contributed by atoms with Gasteiger partial charge in [-0.05, 0) is 13.3 Å². The molecule has 0 N–H and O–H groups in total. The number of aryl methyl sites for hydroxylation is 1. The number of unbranched alkanes of at least 4 members (excludes halogenated alkanes) is 1. The Morgan fingerprint density at radius 2 is 2.29 bits per heavy atom. The van der Waals surface area contributed by atoms with Gasteiger partial charge in [-0.15, -0.1) is 11.6 Å². The number of alkyl halides is 1. The van der Waals surface area contributed by atoms with Crippen molar-refractivity contribution in [1.29, 1.82) is 0 Å². The summed E-state index contributed by atoms with van der Waals surface area (Å²) in [7, 11) is 0. The molecular formula is C11H16ClNO. The Kier molecular flexibility index (Phi) is 4.74. The normalized spacial score (nSPS) is 10.2. The SMILES string of the molecule is CCCCOc1cc(C)ncc1CCl. The van der Waals surface area contributed by atoms with Gasteiger partial charge in [-0.2, -0.15) is 0 Å². The van der Waals surface area contributed by atoms with Gasteiger partial charge in [0.25, 0.3) is 0 Å². The van der Waals surface area contributed by atoms with E-state index in [2.05, 4.69) is 11.9 Å². The van der Waals surface area contributed by atoms with Crippen molar-refractivity contribution < 1.29 is 4.74 Å². The summed E-state index contributed by atoms with van der Waals surface area (Å²) in [6, 6.07) is 1.94. The highest BCUT2D eigenvalue weighted by Gasteiger charge is 2.03. The van der Waals surface area contributed by atoms with E-state index in [4.69, 9.17) is 16.3 Å². The maximum absolute atomic E-state index is 5.78. The number of aromatic nitrogens is 1. The summed E-state index contributed by atoms with van der Waals surface area (Å²) in [5.41, 5.74) is 1.93. The highest BCUT2D eigenvalue weighted by atomic mass is 35.5. The van der Waals surface area contributed by atoms with E-state index < -0.39 is 0 Å². The van der Waals surface area contributed by atoms with Crippen LogP contribution in [0.3, 0.4) is 0 Å². The molecule has 1 rings (SSSR count). The molecular weight excluding hydrogens is 198 g/mol. The molecule has 0 radical (unpaired) electrons. The van der Waals surface area contributed by atoms with Gasteiger partial charge in [0.15, 0.2) is 0 Å². The second kappa shape index (κ2) is 5.86. The first-order valence-electron chi connectivity index (χ1n) is 4.92. The molecule has 2 nitrogen and oxygen atoms in total. The average Bonchev–Trinajstić information content (AvgIpc) is 2.19. The van der Waals surface area contributed by atoms with E-state index in [0.717, 1.165) is 36.5 Å². The van der Waals surface area contributed by atoms with E-state index in [1.54, 1.807) is 6.20 Å². The fourth-order valence-electron chi connectivity index (χ4n) is 1.12. The van der Waals surface area contributed by atoms with Crippen LogP contribution < -0.4 is 4.74 Å². The second-order valence-corrected chi connectivity index (χ2v) is 3.54. The van der Waals surface area contributed by atoms with Crippen LogP contribution >= 0.6 is 11.6 Å². The predicted octanol–water partition coefficient (Wildman–Crippen LogP) is 3.31. The van der Waals surface area contributed by atoms with Crippen LogP contribution in [0.5, 0.6) is 5.75 Å². The maximum atomic E-state index is 5.78. The largest absolute Gasteiger partial charge is 0.493 e. The monoisotopic (exact) mass is 213 g/mol. The third kappa shape index (κ3) is 3.18. The lowest BCUT2D eigenvalue weighted by Gasteiger charge is -2.09. The van der Waals surface area contributed by atoms with Crippen molar-refractivity contribution in [1.82, 2.24) is 4.98 Å². The quantitative estimate of drug-likeness (QED) is 0.553. The van der Waals surface area contributed by atoms with Crippen LogP contribution in [0.2, 0.25) is 0 Å². The van der Waals surface area contributed by atoms with Crippen molar-refractivity contribution in [2.45, 2.75) is 32.6 Å². The van der Waals surface area contributed by atoms with Gasteiger partial charge in [-0.3, -0.25) is 4.98 Å². The highest BCUT2D eigenvalue weighted by Crippen LogP contribution is 2.20. The average molecular weight is 214 g/mol. The Hall–Kier alpha value is -0.760. The minimum absolute atomic E-state index is 0.453. The molecule has 0 spiro atoms. The summed E-state index contributed by atoms with van der Waals surface area (Å²) < 4.78 is 5.62. The van der Waals surface area contributed by atoms with Gasteiger partial charge >= 0.3 is 0 Å². The number of pyridine rings is 1. The van der Waals surface area contributed by atoms with Crippen molar-refractivity contribution >= 4 is 11.6 Å². The third-order valence-electron chi connectivity index (χ3n) is 1.98. The van der Waals surface area contributed by atoms with Gasteiger partial charge in [0.05, 0.1) is 12.5 Å². The molecule has 1 aromatic rings. The molecule has 0 bridgehead atoms. The molecule has 1 aromatic heterocycles. The first-order valence-corrected chi connectivity index (χ1v) is 5.45. The smallest absolute Gasteiger partial charge is 0.127 e. The van der Waals surface area contributed by atoms with Crippen molar-refractivity contribution in [3.63, 3.8) is 0 Å². The van der Waals surface area contributed by atoms with Gasteiger partial charge < -0.3 is 4.74 Å². The van der Waals surface area contributed by atoms with Gasteiger partial charge in [0.1, 0.15) is 5.75 Å². The molecule has 14 heavy (non-hydrogen) atoms. The number of ether oxygens (including phenoxy) is 1. The molecule has 0 unspecified atom stereocenters. The van der Waals surface area contributed by atoms with Gasteiger partial charge in [0.2, 0.25) is 0 Å². The zero-order valence-corrected chi connectivity index (χ0v) is 9.47. The summed E-state index contributed by atoms with van der Waals surface area (Å²) in [6.07, 6.45) is 3.99. The molecule has 0 aliphatic rings. The predicted molar refractivity (Wildman–Crippen MR) is 58.9 cm³/mol. The molecule has 0 aliphatic carbocycles. The zero-order valence-electron chi connectivity index (χ0n) is 8.72. The molecule has 0 fully saturated rings. The minimum atomic E-state index is 0.453. The van der Waals surface area contributed by atoms with E-state index in [0.29, 0.717) is 5.88 Å². The van der Waals surface area contributed by atoms with E-state index in [9.17, 15) is 0 Å². The van der Waals surface area contributed by atoms with Crippen LogP contribution in [-0.2, 0) is 5.88 Å². The van der Waals surface area contributed by atoms with Gasteiger partial charge in [-0.1, -0.05) is 13.3 Å². The van der Waals surface area contributed by atoms with E-state index in [1.807, 2.05) is 13.0 Å². The van der Waals surface area contributed by atoms with E-state index in [1.165, 1.54) is 0 Å². The standard InChI is InChI=1S/C11H16ClNO/c1-3-4-5-14-11-6-9(2)13-8-10(11)7-12/h6,8H,3-5,7H2,1-2H3. The first kappa shape index (κ1) is 11.3. The highest BCUT2D eigenvalue weighted by molar-refractivity contribution is 6.17. The fourth-order valence-corrected chi connectivity index (χ4v) is 1.32. The first-order chi connectivity index (χ1) is 6.77. The number of rotatable bonds is 5. The second-order valence-electron chi connectivity index (χ2n) is 3.27. The van der Waals surface area contributed by atoms with Crippen LogP contribution in [0.25, 0.3) is 0 Å². The van der Waals surface area contributed by atoms with Crippen LogP contribution in [0.1, 0.15) is 31.0 Å². The number of hydrogen-bond donors (Lipinski definition) is 0. The number of halogens is 1. The molecule has 1 heterocycles. The summed E-state index contributed by atoms with van der Waals surface area (Å²) in [5, 5.41) is 0. The van der Waals surface area contributed by atoms with Crippen LogP contribution in [0, 0.1) is 6.92 Å². The van der Waals surface area contributed by atoms with Crippen LogP contribution in [0.4, 0.5) is 0 Å². The summed E-state index contributed by atoms with van der Waals surface area (Å²) >= 11 is 5.78. The van der Waals surface area contributed by atoms with Crippen LogP contribution in [-0.4, -0.2) is 11.6 Å². The van der Waals surface area contributed by atoms with Crippen molar-refractivity contribution in [2.75, 3.05) is 6.61 Å². The van der Waals surface area contributed by atoms with Crippen molar-refractivity contribution in [2.24, 2.45) is 0 Å². The lowest BCUT2D eigenvalue weighted by atomic mass is 10.2. The van der Waals surface area contributed by atoms with Gasteiger partial charge in [-0.25, -0.2) is 0 Å². The van der Waals surface area contributed by atoms with Crippen molar-refractivity contribution in [3.8, 4) is 5.75 Å². The van der Waals surface area contributed by atoms with Gasteiger partial charge in [0, 0.05) is 23.5 Å². The Labute approximate surface area is 90.3 Å². The third-order valence-corrected chi connectivity index (χ3v) is 2.27. The van der Waals surface area contributed by atoms with Crippen molar-refractivity contribution in [3.05, 3.63) is 23.5 Å². The Bertz CT molecular complexity index is 289. The number of nitrogens with zero attached hydrogens (tertiary/aromatic N) is 1. The maximum Gasteiger partial charge on any atom is 0.127 e. The zero-order chi connectivity index (χ0) is 10.4. The van der Waals surface area contributed by atoms with E-state index >= 15 is 0 Å². The Morgan fingerprint density at radius 3 is 2.93 bits per heavy atom. The molecule has 78 valence electrons. The molecule has 0 amide bonds. The summed E-state index contributed by atoms with van der Waals surface area (Å²) in [5.74, 6) is 1.33. The lowest BCUT2D eigenvalue weighted by Crippen LogP contribution is -2.00. The molecule has 0 atom stereocenters. The van der Waals surface area contributed by atoms with Crippen LogP contribution in [0.15, 0.2) is 12.3 Å². The van der Waals surface area contributed by atoms with E-state index in [-0.39, 0.29) is 0 Å². The minimum Gasteiger partial charge on any atom is -0.493 e. The fraction of sp³-hybridized carbons (Fsp3) is 0.545. The topological polar surface area (TPSA) is 22.1 Å². The molecule has 0 aromatic carbocycles. The lowest BCUT2D eigenvalue weighted by molar-refractivity contribution is 0.306. The Balaban J connectivity index is 2.67. The molecule has 3 heteroatoms. The summed E-state index contributed by atoms with van der Waals surface area (Å²) in [6.45, 7) is 4.85. The molecule has 0 saturated heterocycles.